The number of rotatable bonds is 4. The molecule has 1 aromatic heterocycles. The summed E-state index contributed by atoms with van der Waals surface area (Å²) in [6.45, 7) is 4.12. The monoisotopic (exact) mass is 383 g/mol. The second-order valence-electron chi connectivity index (χ2n) is 5.43. The van der Waals surface area contributed by atoms with Crippen molar-refractivity contribution < 1.29 is 9.53 Å². The maximum absolute atomic E-state index is 12.3. The van der Waals surface area contributed by atoms with E-state index >= 15 is 0 Å². The minimum Gasteiger partial charge on any atom is -0.462 e. The largest absolute Gasteiger partial charge is 0.462 e. The number of esters is 1. The molecule has 2 aromatic carbocycles. The zero-order valence-corrected chi connectivity index (χ0v) is 15.2. The second kappa shape index (κ2) is 7.05. The van der Waals surface area contributed by atoms with Gasteiger partial charge in [0.2, 0.25) is 0 Å². The van der Waals surface area contributed by atoms with Crippen LogP contribution >= 0.6 is 15.9 Å². The van der Waals surface area contributed by atoms with Crippen molar-refractivity contribution >= 4 is 21.9 Å². The van der Waals surface area contributed by atoms with Crippen molar-refractivity contribution in [2.24, 2.45) is 0 Å². The van der Waals surface area contributed by atoms with Crippen LogP contribution in [-0.4, -0.2) is 17.1 Å². The smallest absolute Gasteiger partial charge is 0.339 e. The van der Waals surface area contributed by atoms with Crippen LogP contribution in [0.1, 0.15) is 23.0 Å². The number of halogens is 1. The van der Waals surface area contributed by atoms with Gasteiger partial charge in [-0.25, -0.2) is 4.79 Å². The van der Waals surface area contributed by atoms with Crippen molar-refractivity contribution in [3.8, 4) is 16.9 Å². The van der Waals surface area contributed by atoms with Gasteiger partial charge in [0, 0.05) is 15.9 Å². The van der Waals surface area contributed by atoms with E-state index in [1.54, 1.807) is 0 Å². The summed E-state index contributed by atoms with van der Waals surface area (Å²) in [5.74, 6) is -0.291. The SMILES string of the molecule is CCOC(=O)c1cc(-c2ccccc2)n(-c2cccc(Br)c2)c1C. The van der Waals surface area contributed by atoms with Gasteiger partial charge < -0.3 is 9.30 Å². The Hall–Kier alpha value is -2.33. The third-order valence-corrected chi connectivity index (χ3v) is 4.37. The Labute approximate surface area is 150 Å². The predicted molar refractivity (Wildman–Crippen MR) is 99.6 cm³/mol. The topological polar surface area (TPSA) is 31.2 Å². The van der Waals surface area contributed by atoms with Crippen molar-refractivity contribution in [3.63, 3.8) is 0 Å². The standard InChI is InChI=1S/C20H18BrNO2/c1-3-24-20(23)18-13-19(15-8-5-4-6-9-15)22(14(18)2)17-11-7-10-16(21)12-17/h4-13H,3H2,1-2H3. The van der Waals surface area contributed by atoms with Gasteiger partial charge in [0.1, 0.15) is 0 Å². The van der Waals surface area contributed by atoms with Crippen LogP contribution in [0.25, 0.3) is 16.9 Å². The van der Waals surface area contributed by atoms with E-state index in [2.05, 4.69) is 20.5 Å². The molecule has 0 saturated heterocycles. The van der Waals surface area contributed by atoms with Crippen LogP contribution in [0.15, 0.2) is 65.1 Å². The minimum atomic E-state index is -0.291. The van der Waals surface area contributed by atoms with Gasteiger partial charge in [-0.2, -0.15) is 0 Å². The van der Waals surface area contributed by atoms with E-state index in [0.717, 1.165) is 27.1 Å². The number of hydrogen-bond donors (Lipinski definition) is 0. The molecule has 0 fully saturated rings. The molecule has 122 valence electrons. The van der Waals surface area contributed by atoms with Gasteiger partial charge in [-0.3, -0.25) is 0 Å². The highest BCUT2D eigenvalue weighted by molar-refractivity contribution is 9.10. The summed E-state index contributed by atoms with van der Waals surface area (Å²) in [5.41, 5.74) is 4.47. The average Bonchev–Trinajstić information content (AvgIpc) is 2.93. The molecule has 3 rings (SSSR count). The van der Waals surface area contributed by atoms with E-state index in [1.165, 1.54) is 0 Å². The molecule has 0 amide bonds. The molecular weight excluding hydrogens is 366 g/mol. The third-order valence-electron chi connectivity index (χ3n) is 3.88. The lowest BCUT2D eigenvalue weighted by molar-refractivity contribution is 0.0525. The molecule has 0 unspecified atom stereocenters. The molecule has 0 saturated carbocycles. The quantitative estimate of drug-likeness (QED) is 0.565. The lowest BCUT2D eigenvalue weighted by Gasteiger charge is -2.12. The first-order chi connectivity index (χ1) is 11.6. The summed E-state index contributed by atoms with van der Waals surface area (Å²) >= 11 is 3.52. The molecular formula is C20H18BrNO2. The third kappa shape index (κ3) is 3.15. The molecule has 24 heavy (non-hydrogen) atoms. The van der Waals surface area contributed by atoms with Gasteiger partial charge >= 0.3 is 5.97 Å². The Balaban J connectivity index is 2.23. The molecule has 3 aromatic rings. The normalized spacial score (nSPS) is 10.6. The van der Waals surface area contributed by atoms with Crippen molar-refractivity contribution in [1.29, 1.82) is 0 Å². The Bertz CT molecular complexity index is 869. The fourth-order valence-corrected chi connectivity index (χ4v) is 3.18. The first kappa shape index (κ1) is 16.5. The summed E-state index contributed by atoms with van der Waals surface area (Å²) in [6, 6.07) is 20.0. The van der Waals surface area contributed by atoms with Gasteiger partial charge in [-0.15, -0.1) is 0 Å². The van der Waals surface area contributed by atoms with Crippen LogP contribution in [0.2, 0.25) is 0 Å². The van der Waals surface area contributed by atoms with Crippen LogP contribution < -0.4 is 0 Å². The first-order valence-corrected chi connectivity index (χ1v) is 8.62. The number of aromatic nitrogens is 1. The molecule has 3 nitrogen and oxygen atoms in total. The van der Waals surface area contributed by atoms with Crippen LogP contribution in [0.5, 0.6) is 0 Å². The molecule has 0 N–H and O–H groups in total. The van der Waals surface area contributed by atoms with Crippen molar-refractivity contribution in [1.82, 2.24) is 4.57 Å². The van der Waals surface area contributed by atoms with Gasteiger partial charge in [-0.05, 0) is 43.7 Å². The molecule has 1 heterocycles. The Morgan fingerprint density at radius 3 is 2.50 bits per heavy atom. The van der Waals surface area contributed by atoms with E-state index in [1.807, 2.05) is 74.5 Å². The minimum absolute atomic E-state index is 0.291. The number of ether oxygens (including phenoxy) is 1. The van der Waals surface area contributed by atoms with Crippen molar-refractivity contribution in [2.45, 2.75) is 13.8 Å². The van der Waals surface area contributed by atoms with Crippen LogP contribution in [-0.2, 0) is 4.74 Å². The molecule has 0 aliphatic heterocycles. The molecule has 0 spiro atoms. The van der Waals surface area contributed by atoms with Crippen LogP contribution in [0.4, 0.5) is 0 Å². The van der Waals surface area contributed by atoms with Gasteiger partial charge in [0.25, 0.3) is 0 Å². The maximum atomic E-state index is 12.3. The summed E-state index contributed by atoms with van der Waals surface area (Å²) in [6.07, 6.45) is 0. The second-order valence-corrected chi connectivity index (χ2v) is 6.35. The van der Waals surface area contributed by atoms with Crippen molar-refractivity contribution in [3.05, 3.63) is 76.4 Å². The summed E-state index contributed by atoms with van der Waals surface area (Å²) in [7, 11) is 0. The lowest BCUT2D eigenvalue weighted by Crippen LogP contribution is -2.06. The van der Waals surface area contributed by atoms with Crippen LogP contribution in [0.3, 0.4) is 0 Å². The fourth-order valence-electron chi connectivity index (χ4n) is 2.79. The Kier molecular flexibility index (Phi) is 4.86. The summed E-state index contributed by atoms with van der Waals surface area (Å²) < 4.78 is 8.29. The predicted octanol–water partition coefficient (Wildman–Crippen LogP) is 5.39. The lowest BCUT2D eigenvalue weighted by atomic mass is 10.1. The van der Waals surface area contributed by atoms with Gasteiger partial charge in [0.15, 0.2) is 0 Å². The number of nitrogens with zero attached hydrogens (tertiary/aromatic N) is 1. The van der Waals surface area contributed by atoms with Crippen molar-refractivity contribution in [2.75, 3.05) is 6.61 Å². The summed E-state index contributed by atoms with van der Waals surface area (Å²) in [4.78, 5) is 12.3. The van der Waals surface area contributed by atoms with E-state index < -0.39 is 0 Å². The van der Waals surface area contributed by atoms with E-state index in [-0.39, 0.29) is 5.97 Å². The number of benzene rings is 2. The zero-order valence-electron chi connectivity index (χ0n) is 13.6. The van der Waals surface area contributed by atoms with E-state index in [0.29, 0.717) is 12.2 Å². The molecule has 0 atom stereocenters. The Morgan fingerprint density at radius 2 is 1.83 bits per heavy atom. The maximum Gasteiger partial charge on any atom is 0.339 e. The highest BCUT2D eigenvalue weighted by Gasteiger charge is 2.20. The highest BCUT2D eigenvalue weighted by Crippen LogP contribution is 2.30. The number of carbonyl (C=O) groups excluding carboxylic acids is 1. The summed E-state index contributed by atoms with van der Waals surface area (Å²) in [5, 5.41) is 0. The van der Waals surface area contributed by atoms with Crippen LogP contribution in [0, 0.1) is 6.92 Å². The number of hydrogen-bond acceptors (Lipinski definition) is 2. The highest BCUT2D eigenvalue weighted by atomic mass is 79.9. The molecule has 0 bridgehead atoms. The average molecular weight is 384 g/mol. The van der Waals surface area contributed by atoms with E-state index in [4.69, 9.17) is 4.74 Å². The fraction of sp³-hybridized carbons (Fsp3) is 0.150. The number of carbonyl (C=O) groups is 1. The molecule has 0 aliphatic carbocycles. The zero-order chi connectivity index (χ0) is 17.1. The molecule has 0 radical (unpaired) electrons. The first-order valence-electron chi connectivity index (χ1n) is 7.82. The van der Waals surface area contributed by atoms with Gasteiger partial charge in [0.05, 0.1) is 17.9 Å². The Morgan fingerprint density at radius 1 is 1.08 bits per heavy atom. The molecule has 4 heteroatoms. The van der Waals surface area contributed by atoms with Gasteiger partial charge in [-0.1, -0.05) is 52.3 Å². The van der Waals surface area contributed by atoms with E-state index in [9.17, 15) is 4.79 Å². The molecule has 0 aliphatic rings.